The van der Waals surface area contributed by atoms with Crippen LogP contribution in [0.1, 0.15) is 51.2 Å². The van der Waals surface area contributed by atoms with E-state index in [1.54, 1.807) is 0 Å². The first kappa shape index (κ1) is 31.0. The monoisotopic (exact) mass is 562 g/mol. The van der Waals surface area contributed by atoms with E-state index >= 15 is 0 Å². The largest absolute Gasteiger partial charge is 0.443 e. The quantitative estimate of drug-likeness (QED) is 0.146. The Labute approximate surface area is 240 Å². The number of nitrogens with zero attached hydrogens (tertiary/aromatic N) is 2. The fourth-order valence-corrected chi connectivity index (χ4v) is 5.59. The van der Waals surface area contributed by atoms with Gasteiger partial charge in [0.2, 0.25) is 0 Å². The summed E-state index contributed by atoms with van der Waals surface area (Å²) < 4.78 is 18.3. The molecule has 2 aromatic rings. The molecule has 0 aliphatic heterocycles. The molecule has 0 spiro atoms. The average molecular weight is 563 g/mol. The molecule has 0 bridgehead atoms. The van der Waals surface area contributed by atoms with Gasteiger partial charge in [0, 0.05) is 0 Å². The Hall–Kier alpha value is -3.54. The average Bonchev–Trinajstić information content (AvgIpc) is 3.15. The van der Waals surface area contributed by atoms with Crippen molar-refractivity contribution in [1.29, 1.82) is 0 Å². The van der Waals surface area contributed by atoms with Gasteiger partial charge in [-0.05, 0) is 48.5 Å². The van der Waals surface area contributed by atoms with Gasteiger partial charge in [0.25, 0.3) is 0 Å². The summed E-state index contributed by atoms with van der Waals surface area (Å²) in [6, 6.07) is 18.3. The second kappa shape index (κ2) is 14.2. The molecule has 0 radical (unpaired) electrons. The van der Waals surface area contributed by atoms with Crippen LogP contribution in [0.4, 0.5) is 9.59 Å². The third-order valence-electron chi connectivity index (χ3n) is 7.47. The fraction of sp³-hybridized carbons (Fsp3) is 0.438. The van der Waals surface area contributed by atoms with Crippen molar-refractivity contribution in [1.82, 2.24) is 10.0 Å². The second-order valence-corrected chi connectivity index (χ2v) is 16.2. The molecule has 0 fully saturated rings. The lowest BCUT2D eigenvalue weighted by Crippen LogP contribution is -2.60. The summed E-state index contributed by atoms with van der Waals surface area (Å²) in [4.78, 5) is 27.4. The van der Waals surface area contributed by atoms with Gasteiger partial charge in [-0.2, -0.15) is 0 Å². The molecule has 0 aromatic heterocycles. The molecule has 214 valence electrons. The summed E-state index contributed by atoms with van der Waals surface area (Å²) in [6.07, 6.45) is 10.0. The molecule has 2 aromatic carbocycles. The smallest absolute Gasteiger partial charge is 0.430 e. The molecule has 40 heavy (non-hydrogen) atoms. The van der Waals surface area contributed by atoms with Crippen molar-refractivity contribution in [3.05, 3.63) is 83.9 Å². The summed E-state index contributed by atoms with van der Waals surface area (Å²) in [6.45, 7) is 10.8. The van der Waals surface area contributed by atoms with Crippen LogP contribution in [0.2, 0.25) is 18.1 Å². The summed E-state index contributed by atoms with van der Waals surface area (Å²) in [7, 11) is -2.24. The highest BCUT2D eigenvalue weighted by Crippen LogP contribution is 2.39. The lowest BCUT2D eigenvalue weighted by Gasteiger charge is -2.45. The van der Waals surface area contributed by atoms with Gasteiger partial charge in [0.05, 0.1) is 12.1 Å². The van der Waals surface area contributed by atoms with Crippen molar-refractivity contribution >= 4 is 20.5 Å². The van der Waals surface area contributed by atoms with E-state index in [4.69, 9.17) is 20.3 Å². The maximum absolute atomic E-state index is 13.9. The van der Waals surface area contributed by atoms with Gasteiger partial charge in [-0.15, -0.1) is 6.42 Å². The first-order valence-electron chi connectivity index (χ1n) is 13.8. The highest BCUT2D eigenvalue weighted by Gasteiger charge is 2.45. The lowest BCUT2D eigenvalue weighted by atomic mass is 10.1. The number of carbonyl (C=O) groups is 2. The molecule has 8 heteroatoms. The van der Waals surface area contributed by atoms with Crippen molar-refractivity contribution in [3.8, 4) is 12.3 Å². The number of rotatable bonds is 8. The molecule has 7 nitrogen and oxygen atoms in total. The Morgan fingerprint density at radius 3 is 2.00 bits per heavy atom. The van der Waals surface area contributed by atoms with Crippen molar-refractivity contribution in [2.75, 3.05) is 6.54 Å². The molecule has 0 N–H and O–H groups in total. The summed E-state index contributed by atoms with van der Waals surface area (Å²) in [5, 5.41) is 2.49. The number of terminal acetylenes is 1. The van der Waals surface area contributed by atoms with Gasteiger partial charge >= 0.3 is 12.2 Å². The van der Waals surface area contributed by atoms with E-state index in [9.17, 15) is 9.59 Å². The van der Waals surface area contributed by atoms with Crippen LogP contribution < -0.4 is 0 Å². The number of hydrogen-bond acceptors (Lipinski definition) is 5. The van der Waals surface area contributed by atoms with Crippen molar-refractivity contribution in [2.45, 2.75) is 83.5 Å². The Kier molecular flexibility index (Phi) is 11.0. The minimum Gasteiger partial charge on any atom is -0.443 e. The number of benzene rings is 2. The maximum atomic E-state index is 13.9. The zero-order valence-corrected chi connectivity index (χ0v) is 25.3. The van der Waals surface area contributed by atoms with Crippen LogP contribution in [0.15, 0.2) is 72.8 Å². The van der Waals surface area contributed by atoms with Crippen LogP contribution in [-0.4, -0.2) is 49.2 Å². The second-order valence-electron chi connectivity index (χ2n) is 11.5. The standard InChI is InChI=1S/C32H42N2O5Si/c1-7-23-33(30(35)37-24-26-17-11-8-12-18-26)34(31(36)38-25-27-19-13-9-14-20-27)28-21-15-10-16-22-29(28)39-40(5,6)32(2,3)4/h1,8-14,16-20,28-29H,15,21-25H2,2-6H3/t28-,29+/m1/s1. The van der Waals surface area contributed by atoms with Gasteiger partial charge in [0.1, 0.15) is 19.8 Å². The first-order valence-corrected chi connectivity index (χ1v) is 16.7. The molecule has 1 aliphatic carbocycles. The Morgan fingerprint density at radius 1 is 0.925 bits per heavy atom. The molecule has 1 aliphatic rings. The minimum absolute atomic E-state index is 0.0423. The molecule has 2 atom stereocenters. The zero-order chi connectivity index (χ0) is 29.2. The third-order valence-corrected chi connectivity index (χ3v) is 12.0. The van der Waals surface area contributed by atoms with E-state index in [-0.39, 0.29) is 30.9 Å². The Balaban J connectivity index is 1.95. The third kappa shape index (κ3) is 8.48. The summed E-state index contributed by atoms with van der Waals surface area (Å²) >= 11 is 0. The molecule has 2 amide bonds. The molecular formula is C32H42N2O5Si. The molecule has 0 saturated heterocycles. The number of hydrogen-bond donors (Lipinski definition) is 0. The predicted octanol–water partition coefficient (Wildman–Crippen LogP) is 7.31. The molecule has 0 unspecified atom stereocenters. The lowest BCUT2D eigenvalue weighted by molar-refractivity contribution is -0.0695. The van der Waals surface area contributed by atoms with Crippen LogP contribution in [0.5, 0.6) is 0 Å². The highest BCUT2D eigenvalue weighted by molar-refractivity contribution is 6.74. The van der Waals surface area contributed by atoms with Gasteiger partial charge < -0.3 is 13.9 Å². The molecule has 3 rings (SSSR count). The Bertz CT molecular complexity index is 1170. The fourth-order valence-electron chi connectivity index (χ4n) is 4.23. The van der Waals surface area contributed by atoms with Gasteiger partial charge in [0.15, 0.2) is 8.32 Å². The Morgan fingerprint density at radius 2 is 1.48 bits per heavy atom. The molecule has 0 saturated carbocycles. The number of carbonyl (C=O) groups excluding carboxylic acids is 2. The molecular weight excluding hydrogens is 520 g/mol. The van der Waals surface area contributed by atoms with Gasteiger partial charge in [-0.25, -0.2) is 19.6 Å². The SMILES string of the molecule is C#CCN(C(=O)OCc1ccccc1)N(C(=O)OCc1ccccc1)[C@@H]1CCC=CC[C@@H]1O[Si](C)(C)C(C)(C)C. The van der Waals surface area contributed by atoms with Crippen LogP contribution in [0, 0.1) is 12.3 Å². The predicted molar refractivity (Wildman–Crippen MR) is 159 cm³/mol. The van der Waals surface area contributed by atoms with Crippen LogP contribution in [0.25, 0.3) is 0 Å². The summed E-state index contributed by atoms with van der Waals surface area (Å²) in [5.41, 5.74) is 1.66. The topological polar surface area (TPSA) is 68.3 Å². The molecule has 0 heterocycles. The van der Waals surface area contributed by atoms with E-state index in [2.05, 4.69) is 51.9 Å². The zero-order valence-electron chi connectivity index (χ0n) is 24.3. The van der Waals surface area contributed by atoms with Crippen LogP contribution in [0.3, 0.4) is 0 Å². The van der Waals surface area contributed by atoms with E-state index < -0.39 is 26.5 Å². The number of amides is 2. The highest BCUT2D eigenvalue weighted by atomic mass is 28.4. The van der Waals surface area contributed by atoms with Crippen molar-refractivity contribution in [3.63, 3.8) is 0 Å². The normalized spacial score (nSPS) is 17.3. The maximum Gasteiger partial charge on any atom is 0.430 e. The number of ether oxygens (including phenoxy) is 2. The first-order chi connectivity index (χ1) is 19.0. The number of hydrazine groups is 1. The van der Waals surface area contributed by atoms with E-state index in [1.165, 1.54) is 10.0 Å². The van der Waals surface area contributed by atoms with Crippen molar-refractivity contribution in [2.24, 2.45) is 0 Å². The van der Waals surface area contributed by atoms with Crippen molar-refractivity contribution < 1.29 is 23.5 Å². The van der Waals surface area contributed by atoms with Crippen LogP contribution >= 0.6 is 0 Å². The van der Waals surface area contributed by atoms with E-state index in [0.29, 0.717) is 19.3 Å². The van der Waals surface area contributed by atoms with Gasteiger partial charge in [-0.1, -0.05) is 99.5 Å². The van der Waals surface area contributed by atoms with Crippen LogP contribution in [-0.2, 0) is 27.1 Å². The van der Waals surface area contributed by atoms with E-state index in [0.717, 1.165) is 11.1 Å². The summed E-state index contributed by atoms with van der Waals surface area (Å²) in [5.74, 6) is 2.53. The number of allylic oxidation sites excluding steroid dienone is 1. The minimum atomic E-state index is -2.24. The van der Waals surface area contributed by atoms with E-state index in [1.807, 2.05) is 60.7 Å². The van der Waals surface area contributed by atoms with Gasteiger partial charge in [-0.3, -0.25) is 0 Å².